The van der Waals surface area contributed by atoms with Gasteiger partial charge in [-0.25, -0.2) is 9.38 Å². The maximum atomic E-state index is 13.5. The van der Waals surface area contributed by atoms with E-state index in [1.54, 1.807) is 30.3 Å². The first-order valence-corrected chi connectivity index (χ1v) is 11.9. The maximum absolute atomic E-state index is 13.5. The van der Waals surface area contributed by atoms with Crippen molar-refractivity contribution >= 4 is 52.0 Å². The van der Waals surface area contributed by atoms with E-state index in [1.807, 2.05) is 30.3 Å². The van der Waals surface area contributed by atoms with Crippen LogP contribution in [0.15, 0.2) is 89.6 Å². The molecular weight excluding hydrogens is 465 g/mol. The number of Topliss-reactive ketones (excluding diaryl/α,β-unsaturated/α-hetero) is 1. The van der Waals surface area contributed by atoms with Crippen LogP contribution in [0.1, 0.15) is 29.3 Å². The van der Waals surface area contributed by atoms with E-state index < -0.39 is 5.82 Å². The Labute approximate surface area is 206 Å². The second kappa shape index (κ2) is 10.9. The lowest BCUT2D eigenvalue weighted by Gasteiger charge is -2.17. The molecule has 8 heteroatoms. The summed E-state index contributed by atoms with van der Waals surface area (Å²) in [6, 6.07) is 21.7. The van der Waals surface area contributed by atoms with Gasteiger partial charge < -0.3 is 5.32 Å². The van der Waals surface area contributed by atoms with Crippen molar-refractivity contribution in [2.45, 2.75) is 13.3 Å². The van der Waals surface area contributed by atoms with Gasteiger partial charge in [-0.2, -0.15) is 0 Å². The molecule has 0 saturated heterocycles. The number of ketones is 1. The van der Waals surface area contributed by atoms with Crippen molar-refractivity contribution in [3.8, 4) is 0 Å². The first-order valence-electron chi connectivity index (χ1n) is 10.9. The molecule has 2 amide bonds. The SMILES string of the molecule is CC(=O)c1ccc(NC(=O)CCSC2=N/C(=C/c3ccccc3)C(=O)N2c2ccc(F)cc2)cc1. The highest BCUT2D eigenvalue weighted by Crippen LogP contribution is 2.30. The zero-order valence-electron chi connectivity index (χ0n) is 18.9. The van der Waals surface area contributed by atoms with E-state index in [4.69, 9.17) is 0 Å². The average molecular weight is 488 g/mol. The Bertz CT molecular complexity index is 1300. The second-order valence-electron chi connectivity index (χ2n) is 7.73. The number of amidine groups is 1. The van der Waals surface area contributed by atoms with E-state index in [9.17, 15) is 18.8 Å². The van der Waals surface area contributed by atoms with Gasteiger partial charge in [-0.15, -0.1) is 0 Å². The molecule has 0 fully saturated rings. The Balaban J connectivity index is 1.45. The van der Waals surface area contributed by atoms with Gasteiger partial charge in [0, 0.05) is 23.4 Å². The number of nitrogens with zero attached hydrogens (tertiary/aromatic N) is 2. The lowest BCUT2D eigenvalue weighted by atomic mass is 10.1. The highest BCUT2D eigenvalue weighted by Gasteiger charge is 2.32. The van der Waals surface area contributed by atoms with E-state index >= 15 is 0 Å². The monoisotopic (exact) mass is 487 g/mol. The summed E-state index contributed by atoms with van der Waals surface area (Å²) in [6.07, 6.45) is 1.88. The molecule has 0 unspecified atom stereocenters. The lowest BCUT2D eigenvalue weighted by molar-refractivity contribution is -0.116. The number of hydrogen-bond acceptors (Lipinski definition) is 5. The van der Waals surface area contributed by atoms with E-state index in [-0.39, 0.29) is 29.7 Å². The summed E-state index contributed by atoms with van der Waals surface area (Å²) in [5.41, 5.74) is 2.76. The maximum Gasteiger partial charge on any atom is 0.283 e. The molecule has 0 bridgehead atoms. The van der Waals surface area contributed by atoms with Gasteiger partial charge in [-0.3, -0.25) is 19.3 Å². The van der Waals surface area contributed by atoms with E-state index in [2.05, 4.69) is 10.3 Å². The smallest absolute Gasteiger partial charge is 0.283 e. The van der Waals surface area contributed by atoms with Gasteiger partial charge >= 0.3 is 0 Å². The highest BCUT2D eigenvalue weighted by atomic mass is 32.2. The Hall–Kier alpha value is -4.04. The summed E-state index contributed by atoms with van der Waals surface area (Å²) < 4.78 is 13.5. The Morgan fingerprint density at radius 3 is 2.34 bits per heavy atom. The summed E-state index contributed by atoms with van der Waals surface area (Å²) in [7, 11) is 0. The zero-order valence-corrected chi connectivity index (χ0v) is 19.7. The summed E-state index contributed by atoms with van der Waals surface area (Å²) in [4.78, 5) is 42.9. The van der Waals surface area contributed by atoms with Crippen molar-refractivity contribution in [3.05, 3.63) is 102 Å². The molecule has 3 aromatic rings. The van der Waals surface area contributed by atoms with Crippen molar-refractivity contribution in [1.82, 2.24) is 0 Å². The minimum absolute atomic E-state index is 0.0439. The number of thioether (sulfide) groups is 1. The van der Waals surface area contributed by atoms with Gasteiger partial charge in [-0.05, 0) is 67.1 Å². The van der Waals surface area contributed by atoms with Crippen molar-refractivity contribution < 1.29 is 18.8 Å². The molecule has 3 aromatic carbocycles. The van der Waals surface area contributed by atoms with Crippen LogP contribution in [0.25, 0.3) is 6.08 Å². The molecule has 35 heavy (non-hydrogen) atoms. The minimum Gasteiger partial charge on any atom is -0.326 e. The van der Waals surface area contributed by atoms with Gasteiger partial charge in [-0.1, -0.05) is 42.1 Å². The van der Waals surface area contributed by atoms with E-state index in [0.717, 1.165) is 5.56 Å². The molecule has 0 radical (unpaired) electrons. The number of aliphatic imine (C=N–C) groups is 1. The Morgan fingerprint density at radius 1 is 1.00 bits per heavy atom. The molecule has 4 rings (SSSR count). The predicted octanol–water partition coefficient (Wildman–Crippen LogP) is 5.53. The van der Waals surface area contributed by atoms with Crippen LogP contribution in [0.2, 0.25) is 0 Å². The van der Waals surface area contributed by atoms with E-state index in [1.165, 1.54) is 47.9 Å². The Kier molecular flexibility index (Phi) is 7.52. The quantitative estimate of drug-likeness (QED) is 0.351. The van der Waals surface area contributed by atoms with Crippen molar-refractivity contribution in [2.75, 3.05) is 16.0 Å². The molecule has 0 atom stereocenters. The predicted molar refractivity (Wildman–Crippen MR) is 138 cm³/mol. The third-order valence-corrected chi connectivity index (χ3v) is 6.09. The molecule has 1 N–H and O–H groups in total. The Morgan fingerprint density at radius 2 is 1.69 bits per heavy atom. The fourth-order valence-electron chi connectivity index (χ4n) is 3.36. The number of hydrogen-bond donors (Lipinski definition) is 1. The van der Waals surface area contributed by atoms with Gasteiger partial charge in [0.2, 0.25) is 5.91 Å². The molecule has 0 spiro atoms. The third kappa shape index (κ3) is 6.10. The van der Waals surface area contributed by atoms with Crippen LogP contribution < -0.4 is 10.2 Å². The fourth-order valence-corrected chi connectivity index (χ4v) is 4.32. The molecule has 1 heterocycles. The topological polar surface area (TPSA) is 78.8 Å². The number of halogens is 1. The molecule has 6 nitrogen and oxygen atoms in total. The number of rotatable bonds is 7. The van der Waals surface area contributed by atoms with Crippen molar-refractivity contribution in [2.24, 2.45) is 4.99 Å². The molecule has 0 aromatic heterocycles. The zero-order chi connectivity index (χ0) is 24.8. The fraction of sp³-hybridized carbons (Fsp3) is 0.111. The lowest BCUT2D eigenvalue weighted by Crippen LogP contribution is -2.30. The molecular formula is C27H22FN3O3S. The molecule has 0 saturated carbocycles. The summed E-state index contributed by atoms with van der Waals surface area (Å²) in [5.74, 6) is -0.596. The van der Waals surface area contributed by atoms with Gasteiger partial charge in [0.05, 0.1) is 5.69 Å². The number of amides is 2. The van der Waals surface area contributed by atoms with Crippen molar-refractivity contribution in [3.63, 3.8) is 0 Å². The van der Waals surface area contributed by atoms with Gasteiger partial charge in [0.25, 0.3) is 5.91 Å². The van der Waals surface area contributed by atoms with Crippen LogP contribution in [-0.4, -0.2) is 28.5 Å². The third-order valence-electron chi connectivity index (χ3n) is 5.15. The average Bonchev–Trinajstić information content (AvgIpc) is 3.15. The number of carbonyl (C=O) groups is 3. The van der Waals surface area contributed by atoms with Crippen molar-refractivity contribution in [1.29, 1.82) is 0 Å². The largest absolute Gasteiger partial charge is 0.326 e. The van der Waals surface area contributed by atoms with Gasteiger partial charge in [0.1, 0.15) is 11.5 Å². The first kappa shape index (κ1) is 24.1. The number of carbonyl (C=O) groups excluding carboxylic acids is 3. The summed E-state index contributed by atoms with van der Waals surface area (Å²) in [5, 5.41) is 3.21. The van der Waals surface area contributed by atoms with Crippen LogP contribution in [0.3, 0.4) is 0 Å². The second-order valence-corrected chi connectivity index (χ2v) is 8.79. The van der Waals surface area contributed by atoms with Crippen LogP contribution in [0.5, 0.6) is 0 Å². The highest BCUT2D eigenvalue weighted by molar-refractivity contribution is 8.14. The molecule has 0 aliphatic carbocycles. The van der Waals surface area contributed by atoms with E-state index in [0.29, 0.717) is 27.9 Å². The van der Waals surface area contributed by atoms with Crippen LogP contribution in [-0.2, 0) is 9.59 Å². The van der Waals surface area contributed by atoms with Crippen LogP contribution >= 0.6 is 11.8 Å². The molecule has 1 aliphatic rings. The number of benzene rings is 3. The summed E-state index contributed by atoms with van der Waals surface area (Å²) in [6.45, 7) is 1.48. The van der Waals surface area contributed by atoms with Crippen LogP contribution in [0, 0.1) is 5.82 Å². The van der Waals surface area contributed by atoms with Gasteiger partial charge in [0.15, 0.2) is 11.0 Å². The molecule has 176 valence electrons. The standard InChI is InChI=1S/C27H22FN3O3S/c1-18(32)20-7-11-22(12-8-20)29-25(33)15-16-35-27-30-24(17-19-5-3-2-4-6-19)26(34)31(27)23-13-9-21(28)10-14-23/h2-14,17H,15-16H2,1H3,(H,29,33)/b24-17+. The normalized spacial score (nSPS) is 14.2. The van der Waals surface area contributed by atoms with Crippen LogP contribution in [0.4, 0.5) is 15.8 Å². The number of nitrogens with one attached hydrogen (secondary N) is 1. The summed E-state index contributed by atoms with van der Waals surface area (Å²) >= 11 is 1.27. The minimum atomic E-state index is -0.403. The first-order chi connectivity index (χ1) is 16.9. The molecule has 1 aliphatic heterocycles. The number of anilines is 2.